The summed E-state index contributed by atoms with van der Waals surface area (Å²) in [5.41, 5.74) is 4.71. The predicted molar refractivity (Wildman–Crippen MR) is 197 cm³/mol. The highest BCUT2D eigenvalue weighted by Crippen LogP contribution is 2.47. The van der Waals surface area contributed by atoms with Crippen LogP contribution in [0.2, 0.25) is 10.0 Å². The van der Waals surface area contributed by atoms with Gasteiger partial charge in [0.05, 0.1) is 28.5 Å². The minimum absolute atomic E-state index is 0.102. The summed E-state index contributed by atoms with van der Waals surface area (Å²) in [6.45, 7) is 2.57. The molecule has 1 aliphatic carbocycles. The van der Waals surface area contributed by atoms with Crippen LogP contribution in [0.3, 0.4) is 0 Å². The lowest BCUT2D eigenvalue weighted by molar-refractivity contribution is 0.0301. The Labute approximate surface area is 303 Å². The number of ether oxygens (including phenoxy) is 1. The number of methoxy groups -OCH3 is 1. The molecule has 51 heavy (non-hydrogen) atoms. The number of fused-ring (bicyclic) bond motifs is 2. The lowest BCUT2D eigenvalue weighted by atomic mass is 9.92. The van der Waals surface area contributed by atoms with E-state index in [9.17, 15) is 14.7 Å². The van der Waals surface area contributed by atoms with E-state index in [1.807, 2.05) is 30.3 Å². The number of benzene rings is 2. The number of halogens is 2. The van der Waals surface area contributed by atoms with Gasteiger partial charge in [0.15, 0.2) is 12.0 Å². The van der Waals surface area contributed by atoms with Crippen molar-refractivity contribution in [2.45, 2.75) is 43.6 Å². The van der Waals surface area contributed by atoms with Crippen molar-refractivity contribution in [1.29, 1.82) is 0 Å². The molecule has 13 nitrogen and oxygen atoms in total. The molecular weight excluding hydrogens is 693 g/mol. The molecule has 0 bridgehead atoms. The number of nitrogens with one attached hydrogen (secondary N) is 3. The number of nitrogens with zero attached hydrogens (tertiary/aromatic N) is 6. The maximum Gasteiger partial charge on any atom is 0.332 e. The number of likely N-dealkylation sites (tertiary alicyclic amines) is 1. The van der Waals surface area contributed by atoms with E-state index in [0.29, 0.717) is 38.4 Å². The summed E-state index contributed by atoms with van der Waals surface area (Å²) in [5.74, 6) is 0.812. The Morgan fingerprint density at radius 3 is 2.57 bits per heavy atom. The number of aliphatic hydroxyl groups excluding tert-OH is 1. The third-order valence-corrected chi connectivity index (χ3v) is 11.4. The van der Waals surface area contributed by atoms with Crippen LogP contribution in [0.5, 0.6) is 5.88 Å². The number of aliphatic hydroxyl groups is 1. The number of hydrogen-bond donors (Lipinski definition) is 4. The van der Waals surface area contributed by atoms with Crippen LogP contribution in [-0.2, 0) is 20.5 Å². The normalized spacial score (nSPS) is 21.8. The molecule has 3 aliphatic rings. The van der Waals surface area contributed by atoms with Gasteiger partial charge in [0.25, 0.3) is 5.56 Å². The van der Waals surface area contributed by atoms with E-state index in [4.69, 9.17) is 32.9 Å². The number of rotatable bonds is 6. The molecule has 1 unspecified atom stereocenters. The van der Waals surface area contributed by atoms with Gasteiger partial charge in [-0.05, 0) is 43.4 Å². The molecule has 5 aromatic rings. The summed E-state index contributed by atoms with van der Waals surface area (Å²) in [4.78, 5) is 41.6. The van der Waals surface area contributed by atoms with E-state index in [2.05, 4.69) is 36.9 Å². The summed E-state index contributed by atoms with van der Waals surface area (Å²) in [5, 5.41) is 20.9. The Morgan fingerprint density at radius 2 is 1.78 bits per heavy atom. The smallest absolute Gasteiger partial charge is 0.332 e. The molecule has 0 saturated carbocycles. The van der Waals surface area contributed by atoms with Crippen LogP contribution < -0.4 is 31.9 Å². The van der Waals surface area contributed by atoms with Crippen molar-refractivity contribution < 1.29 is 9.84 Å². The van der Waals surface area contributed by atoms with E-state index in [1.165, 1.54) is 23.5 Å². The zero-order valence-corrected chi connectivity index (χ0v) is 29.8. The lowest BCUT2D eigenvalue weighted by Crippen LogP contribution is -2.62. The number of hydrogen-bond acceptors (Lipinski definition) is 11. The van der Waals surface area contributed by atoms with Crippen molar-refractivity contribution in [3.05, 3.63) is 90.8 Å². The fourth-order valence-corrected chi connectivity index (χ4v) is 8.59. The molecule has 2 aliphatic heterocycles. The van der Waals surface area contributed by atoms with Crippen molar-refractivity contribution in [3.63, 3.8) is 0 Å². The quantitative estimate of drug-likeness (QED) is 0.200. The van der Waals surface area contributed by atoms with Crippen molar-refractivity contribution in [3.8, 4) is 28.3 Å². The van der Waals surface area contributed by atoms with Crippen molar-refractivity contribution in [2.75, 3.05) is 32.1 Å². The summed E-state index contributed by atoms with van der Waals surface area (Å²) in [6, 6.07) is 13.5. The van der Waals surface area contributed by atoms with Crippen molar-refractivity contribution in [2.24, 2.45) is 14.1 Å². The first-order valence-electron chi connectivity index (χ1n) is 16.9. The molecule has 2 fully saturated rings. The van der Waals surface area contributed by atoms with Crippen molar-refractivity contribution >= 4 is 45.7 Å². The Morgan fingerprint density at radius 1 is 1.02 bits per heavy atom. The van der Waals surface area contributed by atoms with E-state index in [-0.39, 0.29) is 28.4 Å². The van der Waals surface area contributed by atoms with Gasteiger partial charge in [-0.2, -0.15) is 0 Å². The molecule has 3 aromatic heterocycles. The Bertz CT molecular complexity index is 2330. The molecule has 8 rings (SSSR count). The largest absolute Gasteiger partial charge is 0.481 e. The molecule has 15 heteroatoms. The average Bonchev–Trinajstić information content (AvgIpc) is 3.74. The standard InChI is InChI=1S/C36H37Cl2N9O4/c1-45-31-27(33(48)46(2)35(45)50)30(40-18-41-31)42-23-9-5-7-21(29(23)38)20-6-4-8-22(28(20)37)24-16-19-10-11-25(26(19)32(43-24)51-3)47-15-13-36(17-47)12-14-39-34(49)44-36/h4-9,16,18,25,34,39,44,49H,10-15,17H2,1-3H3,(H,40,41,42)/t25-,34?,36-/m0/s1. The predicted octanol–water partition coefficient (Wildman–Crippen LogP) is 4.11. The van der Waals surface area contributed by atoms with E-state index >= 15 is 0 Å². The van der Waals surface area contributed by atoms with Gasteiger partial charge in [0, 0.05) is 67.6 Å². The topological polar surface area (TPSA) is 151 Å². The van der Waals surface area contributed by atoms with Gasteiger partial charge in [0.2, 0.25) is 5.88 Å². The fourth-order valence-electron chi connectivity index (χ4n) is 7.99. The number of aryl methyl sites for hydroxylation is 2. The Kier molecular flexibility index (Phi) is 8.60. The molecule has 2 aromatic carbocycles. The average molecular weight is 731 g/mol. The van der Waals surface area contributed by atoms with Crippen molar-refractivity contribution in [1.82, 2.24) is 39.6 Å². The first-order chi connectivity index (χ1) is 24.6. The lowest BCUT2D eigenvalue weighted by Gasteiger charge is -2.39. The second kappa shape index (κ2) is 13.0. The van der Waals surface area contributed by atoms with Crippen LogP contribution in [-0.4, -0.2) is 72.7 Å². The molecule has 4 N–H and O–H groups in total. The first kappa shape index (κ1) is 33.8. The number of pyridine rings is 1. The van der Waals surface area contributed by atoms with Crippen LogP contribution in [0.25, 0.3) is 33.4 Å². The molecule has 1 spiro atoms. The maximum atomic E-state index is 13.1. The maximum absolute atomic E-state index is 13.1. The van der Waals surface area contributed by atoms with Crippen LogP contribution in [0, 0.1) is 0 Å². The Hall–Kier alpha value is -4.37. The third kappa shape index (κ3) is 5.68. The SMILES string of the molecule is COc1nc(-c2cccc(-c3cccc(Nc4ncnc5c4c(=O)n(C)c(=O)n5C)c3Cl)c2Cl)cc2c1[C@@H](N1CC[C@@]3(CCNC(O)N3)C1)CC2. The van der Waals surface area contributed by atoms with Gasteiger partial charge in [-0.1, -0.05) is 53.5 Å². The highest BCUT2D eigenvalue weighted by Gasteiger charge is 2.45. The molecule has 5 heterocycles. The van der Waals surface area contributed by atoms with Crippen LogP contribution in [0.1, 0.15) is 36.4 Å². The number of aromatic nitrogens is 5. The fraction of sp³-hybridized carbons (Fsp3) is 0.361. The second-order valence-electron chi connectivity index (χ2n) is 13.5. The van der Waals surface area contributed by atoms with E-state index < -0.39 is 17.6 Å². The molecule has 0 amide bonds. The summed E-state index contributed by atoms with van der Waals surface area (Å²) in [7, 11) is 4.62. The summed E-state index contributed by atoms with van der Waals surface area (Å²) in [6.07, 6.45) is 4.39. The third-order valence-electron chi connectivity index (χ3n) is 10.6. The first-order valence-corrected chi connectivity index (χ1v) is 17.6. The van der Waals surface area contributed by atoms with Gasteiger partial charge < -0.3 is 15.2 Å². The molecule has 0 radical (unpaired) electrons. The zero-order chi connectivity index (χ0) is 35.6. The summed E-state index contributed by atoms with van der Waals surface area (Å²) < 4.78 is 8.26. The van der Waals surface area contributed by atoms with Gasteiger partial charge >= 0.3 is 5.69 Å². The molecule has 3 atom stereocenters. The van der Waals surface area contributed by atoms with Gasteiger partial charge in [0.1, 0.15) is 17.5 Å². The zero-order valence-electron chi connectivity index (χ0n) is 28.3. The summed E-state index contributed by atoms with van der Waals surface area (Å²) >= 11 is 14.2. The highest BCUT2D eigenvalue weighted by atomic mass is 35.5. The van der Waals surface area contributed by atoms with Crippen LogP contribution in [0.15, 0.2) is 58.4 Å². The monoisotopic (exact) mass is 729 g/mol. The number of anilines is 2. The minimum Gasteiger partial charge on any atom is -0.481 e. The highest BCUT2D eigenvalue weighted by molar-refractivity contribution is 6.39. The van der Waals surface area contributed by atoms with Gasteiger partial charge in [-0.15, -0.1) is 0 Å². The second-order valence-corrected chi connectivity index (χ2v) is 14.2. The van der Waals surface area contributed by atoms with E-state index in [0.717, 1.165) is 61.0 Å². The van der Waals surface area contributed by atoms with Gasteiger partial charge in [-0.25, -0.2) is 19.7 Å². The Balaban J connectivity index is 1.12. The molecular formula is C36H37Cl2N9O4. The van der Waals surface area contributed by atoms with E-state index in [1.54, 1.807) is 20.2 Å². The van der Waals surface area contributed by atoms with Gasteiger partial charge in [-0.3, -0.25) is 29.5 Å². The molecule has 2 saturated heterocycles. The van der Waals surface area contributed by atoms with Crippen LogP contribution >= 0.6 is 23.2 Å². The van der Waals surface area contributed by atoms with Crippen LogP contribution in [0.4, 0.5) is 11.5 Å². The molecule has 264 valence electrons. The minimum atomic E-state index is -0.686.